The van der Waals surface area contributed by atoms with E-state index in [2.05, 4.69) is 38.1 Å². The molecule has 1 atom stereocenters. The summed E-state index contributed by atoms with van der Waals surface area (Å²) in [5.74, 6) is 0.493. The van der Waals surface area contributed by atoms with E-state index in [1.165, 1.54) is 11.1 Å². The summed E-state index contributed by atoms with van der Waals surface area (Å²) < 4.78 is 0. The van der Waals surface area contributed by atoms with E-state index in [9.17, 15) is 0 Å². The van der Waals surface area contributed by atoms with E-state index < -0.39 is 7.42 Å². The van der Waals surface area contributed by atoms with Crippen molar-refractivity contribution in [1.29, 1.82) is 0 Å². The maximum absolute atomic E-state index is 5.86. The van der Waals surface area contributed by atoms with Crippen molar-refractivity contribution < 1.29 is 0 Å². The third kappa shape index (κ3) is 3.71. The van der Waals surface area contributed by atoms with Gasteiger partial charge in [0.25, 0.3) is 0 Å². The number of benzene rings is 1. The summed E-state index contributed by atoms with van der Waals surface area (Å²) in [6, 6.07) is 9.52. The Morgan fingerprint density at radius 2 is 1.77 bits per heavy atom. The Hall–Kier alpha value is 0.0169. The maximum atomic E-state index is 5.86. The minimum atomic E-state index is -1.47. The third-order valence-corrected chi connectivity index (χ3v) is 4.31. The van der Waals surface area contributed by atoms with Crippen molar-refractivity contribution in [3.05, 3.63) is 35.4 Å². The van der Waals surface area contributed by atoms with Gasteiger partial charge in [-0.1, -0.05) is 36.8 Å². The van der Waals surface area contributed by atoms with Crippen molar-refractivity contribution in [2.75, 3.05) is 0 Å². The smallest absolute Gasteiger partial charge is 0.150 e. The van der Waals surface area contributed by atoms with E-state index in [0.717, 1.165) is 6.04 Å². The molecular formula is C10H14Cl2Si. The molecule has 0 nitrogen and oxygen atoms in total. The molecule has 0 saturated heterocycles. The Bertz CT molecular complexity index is 256. The molecule has 0 bridgehead atoms. The highest BCUT2D eigenvalue weighted by Gasteiger charge is 2.11. The van der Waals surface area contributed by atoms with Gasteiger partial charge in [0.2, 0.25) is 7.42 Å². The SMILES string of the molecule is Cc1ccc(C(C)C[SiH](Cl)Cl)cc1. The first-order valence-electron chi connectivity index (χ1n) is 4.44. The summed E-state index contributed by atoms with van der Waals surface area (Å²) in [7, 11) is -1.47. The predicted molar refractivity (Wildman–Crippen MR) is 63.3 cm³/mol. The highest BCUT2D eigenvalue weighted by molar-refractivity contribution is 7.33. The lowest BCUT2D eigenvalue weighted by Crippen LogP contribution is -2.01. The molecule has 1 unspecified atom stereocenters. The zero-order valence-electron chi connectivity index (χ0n) is 7.93. The molecule has 1 aromatic carbocycles. The molecule has 1 rings (SSSR count). The molecule has 1 aromatic rings. The number of aryl methyl sites for hydroxylation is 1. The first-order valence-corrected chi connectivity index (χ1v) is 8.75. The molecule has 72 valence electrons. The predicted octanol–water partition coefficient (Wildman–Crippen LogP) is 3.80. The fourth-order valence-corrected chi connectivity index (χ4v) is 3.71. The van der Waals surface area contributed by atoms with Crippen molar-refractivity contribution in [2.24, 2.45) is 0 Å². The van der Waals surface area contributed by atoms with Gasteiger partial charge in [-0.05, 0) is 24.4 Å². The minimum absolute atomic E-state index is 0.493. The summed E-state index contributed by atoms with van der Waals surface area (Å²) in [4.78, 5) is 0. The van der Waals surface area contributed by atoms with Gasteiger partial charge in [0, 0.05) is 0 Å². The molecule has 3 heteroatoms. The van der Waals surface area contributed by atoms with Crippen molar-refractivity contribution >= 4 is 29.6 Å². The first kappa shape index (κ1) is 11.1. The lowest BCUT2D eigenvalue weighted by Gasteiger charge is -2.11. The van der Waals surface area contributed by atoms with Gasteiger partial charge in [-0.2, -0.15) is 22.2 Å². The molecule has 0 saturated carbocycles. The van der Waals surface area contributed by atoms with Crippen LogP contribution >= 0.6 is 22.2 Å². The standard InChI is InChI=1S/C10H14Cl2Si/c1-8-3-5-10(6-4-8)9(2)7-13(11)12/h3-6,9,13H,7H2,1-2H3. The summed E-state index contributed by atoms with van der Waals surface area (Å²) in [5.41, 5.74) is 2.63. The molecular weight excluding hydrogens is 219 g/mol. The van der Waals surface area contributed by atoms with E-state index in [1.54, 1.807) is 0 Å². The second kappa shape index (κ2) is 5.04. The Morgan fingerprint density at radius 3 is 2.23 bits per heavy atom. The fraction of sp³-hybridized carbons (Fsp3) is 0.400. The summed E-state index contributed by atoms with van der Waals surface area (Å²) in [6.45, 7) is 4.27. The quantitative estimate of drug-likeness (QED) is 0.550. The van der Waals surface area contributed by atoms with Crippen LogP contribution in [0.25, 0.3) is 0 Å². The van der Waals surface area contributed by atoms with Gasteiger partial charge >= 0.3 is 0 Å². The minimum Gasteiger partial charge on any atom is -0.150 e. The molecule has 0 aliphatic carbocycles. The number of rotatable bonds is 3. The third-order valence-electron chi connectivity index (χ3n) is 2.18. The van der Waals surface area contributed by atoms with Crippen LogP contribution in [-0.4, -0.2) is 7.42 Å². The number of hydrogen-bond acceptors (Lipinski definition) is 0. The molecule has 0 fully saturated rings. The van der Waals surface area contributed by atoms with Crippen molar-refractivity contribution in [3.8, 4) is 0 Å². The molecule has 13 heavy (non-hydrogen) atoms. The van der Waals surface area contributed by atoms with Crippen LogP contribution < -0.4 is 0 Å². The highest BCUT2D eigenvalue weighted by atomic mass is 35.7. The van der Waals surface area contributed by atoms with Gasteiger partial charge in [0.15, 0.2) is 0 Å². The monoisotopic (exact) mass is 232 g/mol. The van der Waals surface area contributed by atoms with Gasteiger partial charge in [-0.25, -0.2) is 0 Å². The normalized spacial score (nSPS) is 13.3. The number of hydrogen-bond donors (Lipinski definition) is 0. The van der Waals surface area contributed by atoms with E-state index >= 15 is 0 Å². The van der Waals surface area contributed by atoms with Crippen LogP contribution in [0.3, 0.4) is 0 Å². The summed E-state index contributed by atoms with van der Waals surface area (Å²) in [5, 5.41) is 0. The highest BCUT2D eigenvalue weighted by Crippen LogP contribution is 2.23. The Morgan fingerprint density at radius 1 is 1.23 bits per heavy atom. The molecule has 0 aromatic heterocycles. The van der Waals surface area contributed by atoms with Gasteiger partial charge < -0.3 is 0 Å². The average Bonchev–Trinajstić information content (AvgIpc) is 2.04. The molecule has 0 radical (unpaired) electrons. The van der Waals surface area contributed by atoms with Crippen LogP contribution in [0.4, 0.5) is 0 Å². The molecule has 0 aliphatic heterocycles. The van der Waals surface area contributed by atoms with Crippen LogP contribution in [-0.2, 0) is 0 Å². The van der Waals surface area contributed by atoms with Gasteiger partial charge in [0.1, 0.15) is 0 Å². The van der Waals surface area contributed by atoms with Crippen LogP contribution in [0.15, 0.2) is 24.3 Å². The van der Waals surface area contributed by atoms with E-state index in [4.69, 9.17) is 22.2 Å². The maximum Gasteiger partial charge on any atom is 0.237 e. The fourth-order valence-electron chi connectivity index (χ4n) is 1.30. The van der Waals surface area contributed by atoms with Crippen LogP contribution in [0.5, 0.6) is 0 Å². The second-order valence-corrected chi connectivity index (χ2v) is 8.52. The Labute approximate surface area is 90.9 Å². The molecule has 0 heterocycles. The number of halogens is 2. The average molecular weight is 233 g/mol. The Balaban J connectivity index is 2.66. The van der Waals surface area contributed by atoms with Crippen LogP contribution in [0.2, 0.25) is 6.04 Å². The zero-order chi connectivity index (χ0) is 9.84. The lowest BCUT2D eigenvalue weighted by atomic mass is 10.0. The van der Waals surface area contributed by atoms with Gasteiger partial charge in [0.05, 0.1) is 0 Å². The topological polar surface area (TPSA) is 0 Å². The van der Waals surface area contributed by atoms with Gasteiger partial charge in [-0.3, -0.25) is 0 Å². The molecule has 0 spiro atoms. The van der Waals surface area contributed by atoms with E-state index in [0.29, 0.717) is 5.92 Å². The van der Waals surface area contributed by atoms with Gasteiger partial charge in [-0.15, -0.1) is 0 Å². The largest absolute Gasteiger partial charge is 0.237 e. The van der Waals surface area contributed by atoms with Crippen LogP contribution in [0.1, 0.15) is 24.0 Å². The molecule has 0 amide bonds. The van der Waals surface area contributed by atoms with E-state index in [1.807, 2.05) is 0 Å². The summed E-state index contributed by atoms with van der Waals surface area (Å²) in [6.07, 6.45) is 0. The van der Waals surface area contributed by atoms with Crippen molar-refractivity contribution in [2.45, 2.75) is 25.8 Å². The van der Waals surface area contributed by atoms with E-state index in [-0.39, 0.29) is 0 Å². The molecule has 0 aliphatic rings. The lowest BCUT2D eigenvalue weighted by molar-refractivity contribution is 0.860. The van der Waals surface area contributed by atoms with Crippen LogP contribution in [0, 0.1) is 6.92 Å². The first-order chi connectivity index (χ1) is 6.09. The molecule has 0 N–H and O–H groups in total. The summed E-state index contributed by atoms with van der Waals surface area (Å²) >= 11 is 11.7. The zero-order valence-corrected chi connectivity index (χ0v) is 10.6. The Kier molecular flexibility index (Phi) is 4.30. The van der Waals surface area contributed by atoms with Crippen molar-refractivity contribution in [3.63, 3.8) is 0 Å². The van der Waals surface area contributed by atoms with Crippen molar-refractivity contribution in [1.82, 2.24) is 0 Å². The second-order valence-electron chi connectivity index (χ2n) is 3.44.